The molecule has 0 saturated heterocycles. The highest BCUT2D eigenvalue weighted by molar-refractivity contribution is 6.31. The van der Waals surface area contributed by atoms with E-state index < -0.39 is 0 Å². The van der Waals surface area contributed by atoms with Gasteiger partial charge in [-0.2, -0.15) is 0 Å². The third-order valence-electron chi connectivity index (χ3n) is 4.07. The van der Waals surface area contributed by atoms with Crippen LogP contribution in [0.2, 0.25) is 5.02 Å². The van der Waals surface area contributed by atoms with E-state index in [-0.39, 0.29) is 6.03 Å². The molecule has 110 valence electrons. The van der Waals surface area contributed by atoms with Gasteiger partial charge in [-0.25, -0.2) is 4.79 Å². The van der Waals surface area contributed by atoms with Gasteiger partial charge in [0.1, 0.15) is 0 Å². The van der Waals surface area contributed by atoms with E-state index in [0.29, 0.717) is 12.6 Å². The highest BCUT2D eigenvalue weighted by Crippen LogP contribution is 2.21. The highest BCUT2D eigenvalue weighted by Gasteiger charge is 2.21. The molecule has 0 unspecified atom stereocenters. The van der Waals surface area contributed by atoms with E-state index >= 15 is 0 Å². The minimum absolute atomic E-state index is 0.0314. The molecule has 2 amide bonds. The Balaban J connectivity index is 1.76. The van der Waals surface area contributed by atoms with Crippen molar-refractivity contribution in [2.24, 2.45) is 0 Å². The fourth-order valence-electron chi connectivity index (χ4n) is 2.76. The quantitative estimate of drug-likeness (QED) is 0.898. The van der Waals surface area contributed by atoms with Gasteiger partial charge in [-0.3, -0.25) is 0 Å². The van der Waals surface area contributed by atoms with Crippen LogP contribution < -0.4 is 5.32 Å². The normalized spacial score (nSPS) is 15.9. The fourth-order valence-corrected chi connectivity index (χ4v) is 2.99. The summed E-state index contributed by atoms with van der Waals surface area (Å²) >= 11 is 6.10. The van der Waals surface area contributed by atoms with E-state index in [0.717, 1.165) is 29.8 Å². The molecule has 1 saturated carbocycles. The second-order valence-corrected chi connectivity index (χ2v) is 5.88. The van der Waals surface area contributed by atoms with Gasteiger partial charge >= 0.3 is 6.03 Å². The number of nitrogens with one attached hydrogen (secondary N) is 1. The third kappa shape index (κ3) is 4.14. The van der Waals surface area contributed by atoms with Gasteiger partial charge in [0.05, 0.1) is 0 Å². The zero-order valence-corrected chi connectivity index (χ0v) is 12.8. The van der Waals surface area contributed by atoms with Crippen molar-refractivity contribution in [1.29, 1.82) is 0 Å². The lowest BCUT2D eigenvalue weighted by Gasteiger charge is -2.31. The zero-order chi connectivity index (χ0) is 14.4. The lowest BCUT2D eigenvalue weighted by atomic mass is 9.95. The third-order valence-corrected chi connectivity index (χ3v) is 4.44. The summed E-state index contributed by atoms with van der Waals surface area (Å²) in [6, 6.07) is 8.21. The Bertz CT molecular complexity index is 444. The van der Waals surface area contributed by atoms with Crippen molar-refractivity contribution in [2.45, 2.75) is 44.6 Å². The van der Waals surface area contributed by atoms with Gasteiger partial charge < -0.3 is 10.2 Å². The minimum atomic E-state index is 0.0314. The van der Waals surface area contributed by atoms with Gasteiger partial charge in [-0.15, -0.1) is 0 Å². The molecule has 0 heterocycles. The molecule has 0 atom stereocenters. The first-order valence-corrected chi connectivity index (χ1v) is 7.80. The summed E-state index contributed by atoms with van der Waals surface area (Å²) in [6.45, 7) is 0.625. The number of amides is 2. The number of urea groups is 1. The molecule has 0 aliphatic heterocycles. The van der Waals surface area contributed by atoms with Crippen LogP contribution >= 0.6 is 11.6 Å². The smallest absolute Gasteiger partial charge is 0.317 e. The predicted octanol–water partition coefficient (Wildman–Crippen LogP) is 3.86. The van der Waals surface area contributed by atoms with Crippen molar-refractivity contribution in [1.82, 2.24) is 10.2 Å². The second-order valence-electron chi connectivity index (χ2n) is 5.48. The molecule has 0 bridgehead atoms. The zero-order valence-electron chi connectivity index (χ0n) is 12.1. The van der Waals surface area contributed by atoms with Crippen molar-refractivity contribution in [3.63, 3.8) is 0 Å². The molecule has 1 aromatic carbocycles. The van der Waals surface area contributed by atoms with Gasteiger partial charge in [-0.1, -0.05) is 49.1 Å². The van der Waals surface area contributed by atoms with Crippen LogP contribution in [0.5, 0.6) is 0 Å². The molecule has 1 N–H and O–H groups in total. The molecule has 20 heavy (non-hydrogen) atoms. The first kappa shape index (κ1) is 15.2. The Morgan fingerprint density at radius 3 is 2.70 bits per heavy atom. The summed E-state index contributed by atoms with van der Waals surface area (Å²) in [6.07, 6.45) is 6.81. The predicted molar refractivity (Wildman–Crippen MR) is 83.2 cm³/mol. The Kier molecular flexibility index (Phi) is 5.72. The van der Waals surface area contributed by atoms with Crippen LogP contribution in [-0.2, 0) is 6.42 Å². The summed E-state index contributed by atoms with van der Waals surface area (Å²) in [5.74, 6) is 0. The van der Waals surface area contributed by atoms with Crippen LogP contribution in [0.15, 0.2) is 24.3 Å². The first-order valence-electron chi connectivity index (χ1n) is 7.42. The maximum atomic E-state index is 12.1. The molecule has 4 heteroatoms. The number of halogens is 1. The minimum Gasteiger partial charge on any atom is -0.338 e. The van der Waals surface area contributed by atoms with Crippen LogP contribution in [-0.4, -0.2) is 30.6 Å². The van der Waals surface area contributed by atoms with Crippen LogP contribution in [0.4, 0.5) is 4.79 Å². The SMILES string of the molecule is CN(C(=O)NCCc1ccccc1Cl)C1CCCCC1. The molecule has 2 rings (SSSR count). The van der Waals surface area contributed by atoms with E-state index in [2.05, 4.69) is 5.32 Å². The highest BCUT2D eigenvalue weighted by atomic mass is 35.5. The lowest BCUT2D eigenvalue weighted by molar-refractivity contribution is 0.174. The maximum Gasteiger partial charge on any atom is 0.317 e. The topological polar surface area (TPSA) is 32.3 Å². The van der Waals surface area contributed by atoms with Crippen molar-refractivity contribution in [3.05, 3.63) is 34.9 Å². The van der Waals surface area contributed by atoms with Crippen LogP contribution in [0.1, 0.15) is 37.7 Å². The van der Waals surface area contributed by atoms with E-state index in [1.54, 1.807) is 0 Å². The number of carbonyl (C=O) groups is 1. The van der Waals surface area contributed by atoms with E-state index in [1.807, 2.05) is 36.2 Å². The van der Waals surface area contributed by atoms with Gasteiger partial charge in [0.25, 0.3) is 0 Å². The Labute approximate surface area is 126 Å². The van der Waals surface area contributed by atoms with Gasteiger partial charge in [0.15, 0.2) is 0 Å². The van der Waals surface area contributed by atoms with Gasteiger partial charge in [-0.05, 0) is 30.9 Å². The van der Waals surface area contributed by atoms with Crippen LogP contribution in [0, 0.1) is 0 Å². The Hall–Kier alpha value is -1.22. The molecule has 0 spiro atoms. The average Bonchev–Trinajstić information content (AvgIpc) is 2.49. The molecular formula is C16H23ClN2O. The molecule has 0 aromatic heterocycles. The molecule has 1 aliphatic carbocycles. The van der Waals surface area contributed by atoms with Crippen molar-refractivity contribution in [2.75, 3.05) is 13.6 Å². The standard InChI is InChI=1S/C16H23ClN2O/c1-19(14-8-3-2-4-9-14)16(20)18-12-11-13-7-5-6-10-15(13)17/h5-7,10,14H,2-4,8-9,11-12H2,1H3,(H,18,20). The van der Waals surface area contributed by atoms with Crippen molar-refractivity contribution >= 4 is 17.6 Å². The van der Waals surface area contributed by atoms with Crippen LogP contribution in [0.25, 0.3) is 0 Å². The van der Waals surface area contributed by atoms with Crippen molar-refractivity contribution < 1.29 is 4.79 Å². The summed E-state index contributed by atoms with van der Waals surface area (Å²) < 4.78 is 0. The number of hydrogen-bond donors (Lipinski definition) is 1. The second kappa shape index (κ2) is 7.53. The molecule has 1 aromatic rings. The number of benzene rings is 1. The number of nitrogens with zero attached hydrogens (tertiary/aromatic N) is 1. The van der Waals surface area contributed by atoms with E-state index in [9.17, 15) is 4.79 Å². The first-order chi connectivity index (χ1) is 9.68. The lowest BCUT2D eigenvalue weighted by Crippen LogP contribution is -2.44. The molecule has 1 aliphatic rings. The van der Waals surface area contributed by atoms with E-state index in [4.69, 9.17) is 11.6 Å². The van der Waals surface area contributed by atoms with Gasteiger partial charge in [0.2, 0.25) is 0 Å². The Morgan fingerprint density at radius 2 is 2.00 bits per heavy atom. The van der Waals surface area contributed by atoms with Crippen molar-refractivity contribution in [3.8, 4) is 0 Å². The van der Waals surface area contributed by atoms with Gasteiger partial charge in [0, 0.05) is 24.7 Å². The van der Waals surface area contributed by atoms with E-state index in [1.165, 1.54) is 19.3 Å². The summed E-state index contributed by atoms with van der Waals surface area (Å²) in [5.41, 5.74) is 1.08. The molecule has 1 fully saturated rings. The fraction of sp³-hybridized carbons (Fsp3) is 0.562. The molecular weight excluding hydrogens is 272 g/mol. The number of carbonyl (C=O) groups excluding carboxylic acids is 1. The maximum absolute atomic E-state index is 12.1. The largest absolute Gasteiger partial charge is 0.338 e. The Morgan fingerprint density at radius 1 is 1.30 bits per heavy atom. The summed E-state index contributed by atoms with van der Waals surface area (Å²) in [4.78, 5) is 14.0. The summed E-state index contributed by atoms with van der Waals surface area (Å²) in [7, 11) is 1.90. The monoisotopic (exact) mass is 294 g/mol. The average molecular weight is 295 g/mol. The number of hydrogen-bond acceptors (Lipinski definition) is 1. The van der Waals surface area contributed by atoms with Crippen LogP contribution in [0.3, 0.4) is 0 Å². The number of rotatable bonds is 4. The molecule has 0 radical (unpaired) electrons. The summed E-state index contributed by atoms with van der Waals surface area (Å²) in [5, 5.41) is 3.75. The molecule has 3 nitrogen and oxygen atoms in total.